The van der Waals surface area contributed by atoms with E-state index < -0.39 is 0 Å². The van der Waals surface area contributed by atoms with E-state index >= 15 is 0 Å². The number of hydrogen-bond donors (Lipinski definition) is 3. The zero-order chi connectivity index (χ0) is 16.1. The minimum Gasteiger partial charge on any atom is -0.384 e. The Morgan fingerprint density at radius 2 is 1.91 bits per heavy atom. The van der Waals surface area contributed by atoms with Gasteiger partial charge in [0.1, 0.15) is 0 Å². The molecule has 1 fully saturated rings. The first-order valence-corrected chi connectivity index (χ1v) is 8.81. The van der Waals surface area contributed by atoms with Gasteiger partial charge in [-0.15, -0.1) is 0 Å². The highest BCUT2D eigenvalue weighted by atomic mass is 16.1. The van der Waals surface area contributed by atoms with Crippen LogP contribution in [0.5, 0.6) is 0 Å². The van der Waals surface area contributed by atoms with Gasteiger partial charge in [-0.05, 0) is 31.2 Å². The Balaban J connectivity index is 1.61. The average Bonchev–Trinajstić information content (AvgIpc) is 2.94. The minimum atomic E-state index is -0.0203. The van der Waals surface area contributed by atoms with Gasteiger partial charge in [0.15, 0.2) is 0 Å². The van der Waals surface area contributed by atoms with Gasteiger partial charge in [0.25, 0.3) is 0 Å². The molecule has 1 saturated carbocycles. The summed E-state index contributed by atoms with van der Waals surface area (Å²) in [7, 11) is 0. The molecule has 0 radical (unpaired) electrons. The molecule has 0 saturated heterocycles. The van der Waals surface area contributed by atoms with Crippen LogP contribution in [0.2, 0.25) is 0 Å². The lowest BCUT2D eigenvalue weighted by molar-refractivity contribution is -0.116. The molecule has 0 bridgehead atoms. The SMILES string of the molecule is NC(CCC1=C(NC2CCCCC2)CNC1=O)c1ccccc1. The van der Waals surface area contributed by atoms with Crippen LogP contribution in [0.1, 0.15) is 56.6 Å². The number of benzene rings is 1. The van der Waals surface area contributed by atoms with Crippen LogP contribution in [0.25, 0.3) is 0 Å². The van der Waals surface area contributed by atoms with Crippen molar-refractivity contribution in [1.29, 1.82) is 0 Å². The van der Waals surface area contributed by atoms with Crippen molar-refractivity contribution in [2.45, 2.75) is 57.0 Å². The number of amides is 1. The molecular formula is C19H27N3O. The fraction of sp³-hybridized carbons (Fsp3) is 0.526. The standard InChI is InChI=1S/C19H27N3O/c20-17(14-7-3-1-4-8-14)12-11-16-18(13-21-19(16)23)22-15-9-5-2-6-10-15/h1,3-4,7-8,15,17,22H,2,5-6,9-13,20H2,(H,21,23). The Hall–Kier alpha value is -1.81. The third-order valence-electron chi connectivity index (χ3n) is 4.98. The molecule has 4 heteroatoms. The van der Waals surface area contributed by atoms with E-state index in [-0.39, 0.29) is 11.9 Å². The van der Waals surface area contributed by atoms with Crippen LogP contribution < -0.4 is 16.4 Å². The van der Waals surface area contributed by atoms with Gasteiger partial charge in [0.2, 0.25) is 5.91 Å². The molecule has 1 aromatic carbocycles. The molecule has 1 heterocycles. The maximum atomic E-state index is 12.1. The van der Waals surface area contributed by atoms with Crippen LogP contribution in [0.3, 0.4) is 0 Å². The first kappa shape index (κ1) is 16.1. The molecule has 4 N–H and O–H groups in total. The maximum absolute atomic E-state index is 12.1. The molecule has 1 unspecified atom stereocenters. The van der Waals surface area contributed by atoms with Crippen LogP contribution in [-0.4, -0.2) is 18.5 Å². The van der Waals surface area contributed by atoms with Crippen molar-refractivity contribution >= 4 is 5.91 Å². The topological polar surface area (TPSA) is 67.2 Å². The van der Waals surface area contributed by atoms with Crippen LogP contribution in [-0.2, 0) is 4.79 Å². The number of nitrogens with one attached hydrogen (secondary N) is 2. The van der Waals surface area contributed by atoms with Crippen molar-refractivity contribution in [1.82, 2.24) is 10.6 Å². The van der Waals surface area contributed by atoms with Gasteiger partial charge in [-0.2, -0.15) is 0 Å². The largest absolute Gasteiger partial charge is 0.384 e. The summed E-state index contributed by atoms with van der Waals surface area (Å²) < 4.78 is 0. The summed E-state index contributed by atoms with van der Waals surface area (Å²) in [6.45, 7) is 0.644. The van der Waals surface area contributed by atoms with Crippen molar-refractivity contribution in [2.75, 3.05) is 6.54 Å². The van der Waals surface area contributed by atoms with E-state index in [0.29, 0.717) is 12.6 Å². The Labute approximate surface area is 138 Å². The Morgan fingerprint density at radius 1 is 1.17 bits per heavy atom. The van der Waals surface area contributed by atoms with Gasteiger partial charge >= 0.3 is 0 Å². The summed E-state index contributed by atoms with van der Waals surface area (Å²) in [5.74, 6) is 0.0728. The Kier molecular flexibility index (Phi) is 5.34. The van der Waals surface area contributed by atoms with Gasteiger partial charge in [-0.25, -0.2) is 0 Å². The molecule has 0 spiro atoms. The summed E-state index contributed by atoms with van der Waals surface area (Å²) in [6.07, 6.45) is 7.89. The van der Waals surface area contributed by atoms with E-state index in [0.717, 1.165) is 29.7 Å². The van der Waals surface area contributed by atoms with E-state index in [1.54, 1.807) is 0 Å². The van der Waals surface area contributed by atoms with Crippen molar-refractivity contribution in [2.24, 2.45) is 5.73 Å². The predicted octanol–water partition coefficient (Wildman–Crippen LogP) is 2.77. The van der Waals surface area contributed by atoms with Crippen molar-refractivity contribution < 1.29 is 4.79 Å². The molecule has 3 rings (SSSR count). The highest BCUT2D eigenvalue weighted by Crippen LogP contribution is 2.24. The molecule has 0 aromatic heterocycles. The number of nitrogens with two attached hydrogens (primary N) is 1. The van der Waals surface area contributed by atoms with Crippen molar-refractivity contribution in [3.05, 3.63) is 47.2 Å². The van der Waals surface area contributed by atoms with E-state index in [1.165, 1.54) is 32.1 Å². The van der Waals surface area contributed by atoms with E-state index in [9.17, 15) is 4.79 Å². The van der Waals surface area contributed by atoms with E-state index in [1.807, 2.05) is 18.2 Å². The molecule has 4 nitrogen and oxygen atoms in total. The number of rotatable bonds is 6. The quantitative estimate of drug-likeness (QED) is 0.756. The van der Waals surface area contributed by atoms with E-state index in [4.69, 9.17) is 5.73 Å². The van der Waals surface area contributed by atoms with Gasteiger partial charge in [-0.3, -0.25) is 4.79 Å². The molecule has 1 amide bonds. The zero-order valence-electron chi connectivity index (χ0n) is 13.7. The fourth-order valence-corrected chi connectivity index (χ4v) is 3.58. The van der Waals surface area contributed by atoms with Crippen molar-refractivity contribution in [3.63, 3.8) is 0 Å². The summed E-state index contributed by atoms with van der Waals surface area (Å²) in [5.41, 5.74) is 9.41. The lowest BCUT2D eigenvalue weighted by Gasteiger charge is -2.24. The lowest BCUT2D eigenvalue weighted by Crippen LogP contribution is -2.32. The second-order valence-electron chi connectivity index (χ2n) is 6.67. The minimum absolute atomic E-state index is 0.0203. The molecule has 23 heavy (non-hydrogen) atoms. The van der Waals surface area contributed by atoms with Gasteiger partial charge in [-0.1, -0.05) is 49.6 Å². The van der Waals surface area contributed by atoms with Gasteiger partial charge in [0.05, 0.1) is 6.54 Å². The van der Waals surface area contributed by atoms with Crippen LogP contribution >= 0.6 is 0 Å². The van der Waals surface area contributed by atoms with Crippen LogP contribution in [0, 0.1) is 0 Å². The Bertz CT molecular complexity index is 561. The first-order chi connectivity index (χ1) is 11.2. The zero-order valence-corrected chi connectivity index (χ0v) is 13.7. The highest BCUT2D eigenvalue weighted by molar-refractivity contribution is 5.96. The average molecular weight is 313 g/mol. The summed E-state index contributed by atoms with van der Waals surface area (Å²) >= 11 is 0. The monoisotopic (exact) mass is 313 g/mol. The number of carbonyl (C=O) groups is 1. The van der Waals surface area contributed by atoms with Gasteiger partial charge in [0, 0.05) is 23.4 Å². The molecule has 1 aliphatic carbocycles. The van der Waals surface area contributed by atoms with Crippen LogP contribution in [0.4, 0.5) is 0 Å². The normalized spacial score (nSPS) is 20.5. The van der Waals surface area contributed by atoms with Crippen molar-refractivity contribution in [3.8, 4) is 0 Å². The smallest absolute Gasteiger partial charge is 0.249 e. The first-order valence-electron chi connectivity index (χ1n) is 8.81. The number of hydrogen-bond acceptors (Lipinski definition) is 3. The highest BCUT2D eigenvalue weighted by Gasteiger charge is 2.25. The fourth-order valence-electron chi connectivity index (χ4n) is 3.58. The molecule has 2 aliphatic rings. The predicted molar refractivity (Wildman–Crippen MR) is 92.6 cm³/mol. The van der Waals surface area contributed by atoms with E-state index in [2.05, 4.69) is 22.8 Å². The molecule has 124 valence electrons. The summed E-state index contributed by atoms with van der Waals surface area (Å²) in [5, 5.41) is 6.57. The molecular weight excluding hydrogens is 286 g/mol. The maximum Gasteiger partial charge on any atom is 0.249 e. The van der Waals surface area contributed by atoms with Crippen LogP contribution in [0.15, 0.2) is 41.6 Å². The molecule has 1 aliphatic heterocycles. The molecule has 1 atom stereocenters. The Morgan fingerprint density at radius 3 is 2.65 bits per heavy atom. The molecule has 1 aromatic rings. The third-order valence-corrected chi connectivity index (χ3v) is 4.98. The number of carbonyl (C=O) groups excluding carboxylic acids is 1. The second kappa shape index (κ2) is 7.64. The lowest BCUT2D eigenvalue weighted by atomic mass is 9.94. The summed E-state index contributed by atoms with van der Waals surface area (Å²) in [6, 6.07) is 10.6. The van der Waals surface area contributed by atoms with Gasteiger partial charge < -0.3 is 16.4 Å². The second-order valence-corrected chi connectivity index (χ2v) is 6.67. The summed E-state index contributed by atoms with van der Waals surface area (Å²) in [4.78, 5) is 12.1. The third kappa shape index (κ3) is 4.14.